The number of para-hydroxylation sites is 10. The number of nitrogens with zero attached hydrogens (tertiary/aromatic N) is 5. The second-order valence-electron chi connectivity index (χ2n) is 33.8. The van der Waals surface area contributed by atoms with E-state index in [1.807, 2.05) is 67.8 Å². The molecule has 654 valence electrons. The largest absolute Gasteiger partial charge is 0.496 e. The monoisotopic (exact) mass is 1810 g/mol. The van der Waals surface area contributed by atoms with Gasteiger partial charge in [-0.15, -0.1) is 0 Å². The van der Waals surface area contributed by atoms with E-state index in [0.29, 0.717) is 0 Å². The number of halogens is 1. The van der Waals surface area contributed by atoms with Crippen LogP contribution in [0.3, 0.4) is 0 Å². The molecule has 133 heavy (non-hydrogen) atoms. The Bertz CT molecular complexity index is 7050. The van der Waals surface area contributed by atoms with E-state index in [4.69, 9.17) is 13.6 Å². The van der Waals surface area contributed by atoms with Crippen LogP contribution in [0.15, 0.2) is 480 Å². The molecule has 0 radical (unpaired) electrons. The first-order valence-electron chi connectivity index (χ1n) is 46.4. The van der Waals surface area contributed by atoms with E-state index in [1.165, 1.54) is 86.3 Å². The Morgan fingerprint density at radius 1 is 0.263 bits per heavy atom. The summed E-state index contributed by atoms with van der Waals surface area (Å²) in [6.45, 7) is 2.23. The van der Waals surface area contributed by atoms with Crippen LogP contribution in [0.5, 0.6) is 5.75 Å². The topological polar surface area (TPSA) is 63.7 Å². The van der Waals surface area contributed by atoms with E-state index in [-0.39, 0.29) is 7.92 Å². The highest BCUT2D eigenvalue weighted by Crippen LogP contribution is 2.57. The van der Waals surface area contributed by atoms with Crippen molar-refractivity contribution in [3.05, 3.63) is 477 Å². The maximum atomic E-state index is 6.17. The average Bonchev–Trinajstić information content (AvgIpc) is 1.58. The SMILES string of the molecule is Brc1ccc2oc3ccccc3c2c1.COc1cccc(C)c1-c1ccccc1P(C1CCCCC1)C1CCCCC1.c1ccc(N(c2ccccc2)c2cccc(N(c3ccccc3)c3ccc(N(c4ccccc4)c4ccc5oc6ccccc6c5c4)cc3)c2)cc1.c1ccc(Nc2ccc(N(c3ccccc3)c3cccc(N(c4ccccc4)c4ccccc4)c3)cc2)cc1. The number of hydrogen-bond acceptors (Lipinski definition) is 9. The highest BCUT2D eigenvalue weighted by molar-refractivity contribution is 9.10. The number of methoxy groups -OCH3 is 1. The minimum atomic E-state index is -0.122. The van der Waals surface area contributed by atoms with Gasteiger partial charge in [0.2, 0.25) is 0 Å². The zero-order chi connectivity index (χ0) is 89.9. The average molecular weight is 1820 g/mol. The predicted octanol–water partition coefficient (Wildman–Crippen LogP) is 36.2. The fourth-order valence-corrected chi connectivity index (χ4v) is 23.3. The van der Waals surface area contributed by atoms with Crippen LogP contribution in [0.25, 0.3) is 55.0 Å². The lowest BCUT2D eigenvalue weighted by Gasteiger charge is -2.39. The van der Waals surface area contributed by atoms with Crippen LogP contribution in [-0.2, 0) is 0 Å². The van der Waals surface area contributed by atoms with Crippen LogP contribution in [-0.4, -0.2) is 18.4 Å². The Balaban J connectivity index is 0.000000124. The van der Waals surface area contributed by atoms with Crippen LogP contribution in [0.1, 0.15) is 69.8 Å². The Hall–Kier alpha value is -14.9. The van der Waals surface area contributed by atoms with Crippen molar-refractivity contribution in [2.45, 2.75) is 82.4 Å². The summed E-state index contributed by atoms with van der Waals surface area (Å²) in [5.41, 5.74) is 28.0. The van der Waals surface area contributed by atoms with Crippen LogP contribution in [0, 0.1) is 6.92 Å². The van der Waals surface area contributed by atoms with Gasteiger partial charge in [0.05, 0.1) is 7.11 Å². The van der Waals surface area contributed by atoms with Gasteiger partial charge in [0.15, 0.2) is 0 Å². The molecule has 0 aliphatic heterocycles. The fourth-order valence-electron chi connectivity index (χ4n) is 19.0. The van der Waals surface area contributed by atoms with Crippen molar-refractivity contribution in [1.29, 1.82) is 0 Å². The molecule has 18 aromatic carbocycles. The summed E-state index contributed by atoms with van der Waals surface area (Å²) in [5, 5.41) is 9.68. The maximum absolute atomic E-state index is 6.17. The van der Waals surface area contributed by atoms with Crippen LogP contribution >= 0.6 is 23.9 Å². The van der Waals surface area contributed by atoms with E-state index in [2.05, 4.69) is 459 Å². The number of fused-ring (bicyclic) bond motifs is 6. The van der Waals surface area contributed by atoms with Gasteiger partial charge < -0.3 is 43.4 Å². The van der Waals surface area contributed by atoms with E-state index in [0.717, 1.165) is 157 Å². The second-order valence-corrected chi connectivity index (χ2v) is 37.5. The lowest BCUT2D eigenvalue weighted by atomic mass is 9.99. The van der Waals surface area contributed by atoms with Crippen molar-refractivity contribution in [2.75, 3.05) is 36.9 Å². The van der Waals surface area contributed by atoms with E-state index in [9.17, 15) is 0 Å². The summed E-state index contributed by atoms with van der Waals surface area (Å²) >= 11 is 3.46. The van der Waals surface area contributed by atoms with Crippen molar-refractivity contribution in [3.63, 3.8) is 0 Å². The van der Waals surface area contributed by atoms with Crippen LogP contribution in [0.2, 0.25) is 0 Å². The Labute approximate surface area is 791 Å². The van der Waals surface area contributed by atoms with Gasteiger partial charge in [0.25, 0.3) is 0 Å². The number of benzene rings is 18. The summed E-state index contributed by atoms with van der Waals surface area (Å²) in [6, 6.07) is 163. The van der Waals surface area contributed by atoms with E-state index in [1.54, 1.807) is 5.30 Å². The number of anilines is 17. The van der Waals surface area contributed by atoms with Crippen LogP contribution in [0.4, 0.5) is 96.7 Å². The summed E-state index contributed by atoms with van der Waals surface area (Å²) in [7, 11) is 1.69. The molecular weight excluding hydrogens is 1710 g/mol. The number of aryl methyl sites for hydroxylation is 1. The third kappa shape index (κ3) is 20.3. The molecule has 2 heterocycles. The first kappa shape index (κ1) is 87.4. The van der Waals surface area contributed by atoms with Gasteiger partial charge in [-0.3, -0.25) is 0 Å². The molecule has 2 aromatic heterocycles. The lowest BCUT2D eigenvalue weighted by molar-refractivity contribution is 0.416. The quantitative estimate of drug-likeness (QED) is 0.0669. The zero-order valence-electron chi connectivity index (χ0n) is 75.0. The van der Waals surface area contributed by atoms with Gasteiger partial charge in [-0.1, -0.05) is 293 Å². The molecule has 0 bridgehead atoms. The van der Waals surface area contributed by atoms with Gasteiger partial charge in [-0.05, 0) is 297 Å². The van der Waals surface area contributed by atoms with Crippen molar-refractivity contribution < 1.29 is 13.6 Å². The van der Waals surface area contributed by atoms with Crippen molar-refractivity contribution >= 4 is 170 Å². The minimum Gasteiger partial charge on any atom is -0.496 e. The summed E-state index contributed by atoms with van der Waals surface area (Å²) in [5.74, 6) is 1.02. The fraction of sp³-hybridized carbons (Fsp3) is 0.115. The second kappa shape index (κ2) is 42.3. The van der Waals surface area contributed by atoms with Crippen molar-refractivity contribution in [1.82, 2.24) is 0 Å². The molecule has 2 saturated carbocycles. The number of nitrogens with one attached hydrogen (secondary N) is 1. The molecular formula is C122H106BrN6O3P. The lowest BCUT2D eigenvalue weighted by Crippen LogP contribution is -2.27. The molecule has 0 saturated heterocycles. The first-order valence-corrected chi connectivity index (χ1v) is 48.6. The van der Waals surface area contributed by atoms with Crippen molar-refractivity contribution in [2.24, 2.45) is 0 Å². The Kier molecular flexibility index (Phi) is 27.8. The van der Waals surface area contributed by atoms with Crippen molar-refractivity contribution in [3.8, 4) is 16.9 Å². The highest BCUT2D eigenvalue weighted by atomic mass is 79.9. The minimum absolute atomic E-state index is 0.122. The highest BCUT2D eigenvalue weighted by Gasteiger charge is 2.35. The standard InChI is InChI=1S/C48H35N3O.C36H29N3.C26H35OP.C12H7BrO/c1-5-16-36(17-6-1)49(37-18-7-2-8-19-37)42-24-15-25-43(34-42)50(38-20-9-3-10-21-38)40-28-30-41(31-29-40)51(39-22-11-4-12-23-39)44-32-33-48-46(35-44)45-26-13-14-27-47(45)52-48;1-5-14-29(15-6-1)37-30-24-26-34(27-25-30)39(33-20-11-4-12-21-33)36-23-13-22-35(28-36)38(31-16-7-2-8-17-31)32-18-9-3-10-19-32;1-20-12-11-18-24(27-2)26(20)23-17-9-10-19-25(23)28(21-13-5-3-6-14-21)22-15-7-4-8-16-22;13-8-5-6-12-10(7-8)9-3-1-2-4-11(9)14-12/h1-35H;1-28,37H;9-12,17-19,21-22H,3-8,13-16H2,1-2H3;1-7H. The zero-order valence-corrected chi connectivity index (χ0v) is 77.4. The Morgan fingerprint density at radius 3 is 0.955 bits per heavy atom. The molecule has 20 aromatic rings. The molecule has 1 N–H and O–H groups in total. The molecule has 2 aliphatic rings. The third-order valence-corrected chi connectivity index (χ3v) is 29.2. The molecule has 9 nitrogen and oxygen atoms in total. The molecule has 0 unspecified atom stereocenters. The first-order chi connectivity index (χ1) is 65.8. The normalized spacial score (nSPS) is 12.6. The third-order valence-electron chi connectivity index (χ3n) is 25.1. The van der Waals surface area contributed by atoms with E-state index >= 15 is 0 Å². The predicted molar refractivity (Wildman–Crippen MR) is 568 cm³/mol. The molecule has 2 fully saturated rings. The Morgan fingerprint density at radius 2 is 0.556 bits per heavy atom. The van der Waals surface area contributed by atoms with Crippen LogP contribution < -0.4 is 39.9 Å². The van der Waals surface area contributed by atoms with Gasteiger partial charge in [0, 0.05) is 128 Å². The van der Waals surface area contributed by atoms with Gasteiger partial charge in [-0.2, -0.15) is 0 Å². The molecule has 2 aliphatic carbocycles. The molecule has 0 spiro atoms. The molecule has 22 rings (SSSR count). The van der Waals surface area contributed by atoms with E-state index < -0.39 is 0 Å². The van der Waals surface area contributed by atoms with Gasteiger partial charge >= 0.3 is 0 Å². The summed E-state index contributed by atoms with van der Waals surface area (Å²) in [4.78, 5) is 11.5. The number of hydrogen-bond donors (Lipinski definition) is 1. The molecule has 0 atom stereocenters. The molecule has 0 amide bonds. The number of ether oxygens (including phenoxy) is 1. The summed E-state index contributed by atoms with van der Waals surface area (Å²) in [6.07, 6.45) is 14.4. The maximum Gasteiger partial charge on any atom is 0.135 e. The smallest absolute Gasteiger partial charge is 0.135 e. The number of furan rings is 2. The molecule has 11 heteroatoms. The van der Waals surface area contributed by atoms with Gasteiger partial charge in [0.1, 0.15) is 28.1 Å². The summed E-state index contributed by atoms with van der Waals surface area (Å²) < 4.78 is 18.8. The number of rotatable bonds is 22. The van der Waals surface area contributed by atoms with Gasteiger partial charge in [-0.25, -0.2) is 0 Å².